The van der Waals surface area contributed by atoms with Crippen molar-refractivity contribution in [2.24, 2.45) is 0 Å². The zero-order valence-corrected chi connectivity index (χ0v) is 28.4. The van der Waals surface area contributed by atoms with E-state index in [1.807, 2.05) is 24.9 Å². The molecule has 11 nitrogen and oxygen atoms in total. The van der Waals surface area contributed by atoms with Gasteiger partial charge in [0, 0.05) is 39.8 Å². The average molecular weight is 672 g/mol. The number of carbonyl (C=O) groups is 1. The SMILES string of the molecule is Cc1cc(-c2cc(Cl)ccc2OCCn2c(C)nc3cnc(N(C)C4CCN(C)CC4)c(C#N)c3c2=O)c2sc(C)c(C(=O)O)c2n1. The molecule has 0 atom stereocenters. The Balaban J connectivity index is 1.33. The van der Waals surface area contributed by atoms with Gasteiger partial charge in [-0.1, -0.05) is 11.6 Å². The van der Waals surface area contributed by atoms with Gasteiger partial charge in [-0.15, -0.1) is 11.3 Å². The molecule has 1 aliphatic heterocycles. The number of benzene rings is 1. The molecule has 6 rings (SSSR count). The summed E-state index contributed by atoms with van der Waals surface area (Å²) in [6.07, 6.45) is 3.45. The number of ether oxygens (including phenoxy) is 1. The van der Waals surface area contributed by atoms with Crippen LogP contribution in [0.2, 0.25) is 5.02 Å². The topological polar surface area (TPSA) is 137 Å². The summed E-state index contributed by atoms with van der Waals surface area (Å²) < 4.78 is 8.53. The number of hydrogen-bond donors (Lipinski definition) is 1. The average Bonchev–Trinajstić information content (AvgIpc) is 3.37. The highest BCUT2D eigenvalue weighted by Gasteiger charge is 2.26. The number of fused-ring (bicyclic) bond motifs is 2. The van der Waals surface area contributed by atoms with E-state index in [-0.39, 0.29) is 41.3 Å². The molecule has 242 valence electrons. The van der Waals surface area contributed by atoms with Gasteiger partial charge in [0.2, 0.25) is 0 Å². The molecule has 5 heterocycles. The lowest BCUT2D eigenvalue weighted by Gasteiger charge is -2.36. The molecule has 1 aromatic carbocycles. The molecule has 0 bridgehead atoms. The number of aromatic nitrogens is 4. The first-order chi connectivity index (χ1) is 22.5. The first kappa shape index (κ1) is 32.4. The van der Waals surface area contributed by atoms with Crippen molar-refractivity contribution < 1.29 is 14.6 Å². The molecule has 1 fully saturated rings. The standard InChI is InChI=1S/C34H34ClN7O4S/c1-18-14-24(31-30(38-18)28(34(44)45)19(2)47-31)23-15-21(35)6-7-27(23)46-13-12-42-20(3)39-26-17-37-32(25(16-36)29(26)33(42)43)41(5)22-8-10-40(4)11-9-22/h6-7,14-15,17,22H,8-13H2,1-5H3,(H,44,45). The Hall–Kier alpha value is -4.57. The van der Waals surface area contributed by atoms with Crippen molar-refractivity contribution in [2.75, 3.05) is 38.7 Å². The van der Waals surface area contributed by atoms with Gasteiger partial charge >= 0.3 is 5.97 Å². The molecule has 0 saturated carbocycles. The highest BCUT2D eigenvalue weighted by Crippen LogP contribution is 2.42. The van der Waals surface area contributed by atoms with Gasteiger partial charge in [-0.2, -0.15) is 5.26 Å². The lowest BCUT2D eigenvalue weighted by molar-refractivity contribution is 0.0698. The fourth-order valence-electron chi connectivity index (χ4n) is 6.34. The van der Waals surface area contributed by atoms with E-state index < -0.39 is 5.97 Å². The lowest BCUT2D eigenvalue weighted by Crippen LogP contribution is -2.42. The number of pyridine rings is 2. The fraction of sp³-hybridized carbons (Fsp3) is 0.353. The van der Waals surface area contributed by atoms with E-state index in [9.17, 15) is 20.0 Å². The van der Waals surface area contributed by atoms with Crippen LogP contribution >= 0.6 is 22.9 Å². The van der Waals surface area contributed by atoms with Gasteiger partial charge < -0.3 is 19.6 Å². The highest BCUT2D eigenvalue weighted by molar-refractivity contribution is 7.20. The molecule has 0 spiro atoms. The summed E-state index contributed by atoms with van der Waals surface area (Å²) in [5, 5.41) is 20.8. The van der Waals surface area contributed by atoms with Gasteiger partial charge in [0.15, 0.2) is 0 Å². The van der Waals surface area contributed by atoms with E-state index in [0.717, 1.165) is 36.2 Å². The largest absolute Gasteiger partial charge is 0.491 e. The predicted octanol–water partition coefficient (Wildman–Crippen LogP) is 5.83. The molecule has 1 N–H and O–H groups in total. The lowest BCUT2D eigenvalue weighted by atomic mass is 10.0. The number of nitrogens with zero attached hydrogens (tertiary/aromatic N) is 7. The molecule has 0 radical (unpaired) electrons. The number of piperidine rings is 1. The number of carboxylic acid groups (broad SMARTS) is 1. The van der Waals surface area contributed by atoms with Crippen LogP contribution in [0.5, 0.6) is 5.75 Å². The maximum Gasteiger partial charge on any atom is 0.339 e. The minimum Gasteiger partial charge on any atom is -0.491 e. The minimum absolute atomic E-state index is 0.120. The van der Waals surface area contributed by atoms with Crippen LogP contribution in [0.3, 0.4) is 0 Å². The van der Waals surface area contributed by atoms with Crippen LogP contribution in [-0.4, -0.2) is 75.3 Å². The van der Waals surface area contributed by atoms with Crippen molar-refractivity contribution in [3.8, 4) is 22.9 Å². The van der Waals surface area contributed by atoms with E-state index in [2.05, 4.69) is 33.0 Å². The second-order valence-corrected chi connectivity index (χ2v) is 13.6. The minimum atomic E-state index is -1.03. The maximum atomic E-state index is 14.0. The zero-order chi connectivity index (χ0) is 33.6. The van der Waals surface area contributed by atoms with Crippen molar-refractivity contribution in [2.45, 2.75) is 46.2 Å². The van der Waals surface area contributed by atoms with Crippen LogP contribution in [0.1, 0.15) is 45.2 Å². The van der Waals surface area contributed by atoms with E-state index in [1.165, 1.54) is 15.9 Å². The molecular weight excluding hydrogens is 638 g/mol. The number of aromatic carboxylic acids is 1. The number of aryl methyl sites for hydroxylation is 3. The Kier molecular flexibility index (Phi) is 8.89. The van der Waals surface area contributed by atoms with Gasteiger partial charge in [-0.3, -0.25) is 14.3 Å². The van der Waals surface area contributed by atoms with Crippen LogP contribution in [-0.2, 0) is 6.54 Å². The summed E-state index contributed by atoms with van der Waals surface area (Å²) in [7, 11) is 4.03. The quantitative estimate of drug-likeness (QED) is 0.215. The van der Waals surface area contributed by atoms with Crippen molar-refractivity contribution >= 4 is 55.8 Å². The second kappa shape index (κ2) is 12.9. The number of thiophene rings is 1. The summed E-state index contributed by atoms with van der Waals surface area (Å²) in [5.74, 6) is 0.458. The monoisotopic (exact) mass is 671 g/mol. The first-order valence-electron chi connectivity index (χ1n) is 15.3. The van der Waals surface area contributed by atoms with Crippen molar-refractivity contribution in [1.82, 2.24) is 24.4 Å². The smallest absolute Gasteiger partial charge is 0.339 e. The number of likely N-dealkylation sites (tertiary alicyclic amines) is 1. The van der Waals surface area contributed by atoms with Crippen LogP contribution < -0.4 is 15.2 Å². The maximum absolute atomic E-state index is 14.0. The molecule has 0 aliphatic carbocycles. The normalized spacial score (nSPS) is 14.1. The Labute approximate surface area is 280 Å². The molecule has 0 unspecified atom stereocenters. The van der Waals surface area contributed by atoms with Gasteiger partial charge in [-0.25, -0.2) is 14.8 Å². The number of nitriles is 1. The van der Waals surface area contributed by atoms with E-state index >= 15 is 0 Å². The zero-order valence-electron chi connectivity index (χ0n) is 26.8. The van der Waals surface area contributed by atoms with Crippen LogP contribution in [0.25, 0.3) is 32.2 Å². The van der Waals surface area contributed by atoms with Crippen molar-refractivity contribution in [1.29, 1.82) is 5.26 Å². The fourth-order valence-corrected chi connectivity index (χ4v) is 7.63. The Morgan fingerprint density at radius 2 is 1.94 bits per heavy atom. The summed E-state index contributed by atoms with van der Waals surface area (Å²) in [6.45, 7) is 7.53. The molecule has 13 heteroatoms. The number of anilines is 1. The first-order valence-corrected chi connectivity index (χ1v) is 16.5. The summed E-state index contributed by atoms with van der Waals surface area (Å²) in [4.78, 5) is 44.7. The van der Waals surface area contributed by atoms with Gasteiger partial charge in [0.1, 0.15) is 35.6 Å². The van der Waals surface area contributed by atoms with Crippen LogP contribution in [0.4, 0.5) is 5.82 Å². The van der Waals surface area contributed by atoms with Crippen LogP contribution in [0, 0.1) is 32.1 Å². The number of carboxylic acids is 1. The molecule has 1 saturated heterocycles. The number of rotatable bonds is 8. The number of halogens is 1. The predicted molar refractivity (Wildman–Crippen MR) is 184 cm³/mol. The highest BCUT2D eigenvalue weighted by atomic mass is 35.5. The number of hydrogen-bond acceptors (Lipinski definition) is 10. The molecule has 0 amide bonds. The third-order valence-electron chi connectivity index (χ3n) is 8.82. The third kappa shape index (κ3) is 6.02. The van der Waals surface area contributed by atoms with Crippen LogP contribution in [0.15, 0.2) is 35.3 Å². The Morgan fingerprint density at radius 3 is 2.64 bits per heavy atom. The molecule has 4 aromatic heterocycles. The van der Waals surface area contributed by atoms with Gasteiger partial charge in [0.25, 0.3) is 5.56 Å². The van der Waals surface area contributed by atoms with Crippen molar-refractivity contribution in [3.05, 3.63) is 73.4 Å². The summed E-state index contributed by atoms with van der Waals surface area (Å²) in [5.41, 5.74) is 2.99. The Morgan fingerprint density at radius 1 is 1.19 bits per heavy atom. The van der Waals surface area contributed by atoms with Gasteiger partial charge in [0.05, 0.1) is 39.4 Å². The van der Waals surface area contributed by atoms with E-state index in [1.54, 1.807) is 38.2 Å². The summed E-state index contributed by atoms with van der Waals surface area (Å²) in [6, 6.07) is 9.61. The molecule has 47 heavy (non-hydrogen) atoms. The van der Waals surface area contributed by atoms with E-state index in [0.29, 0.717) is 49.6 Å². The van der Waals surface area contributed by atoms with Gasteiger partial charge in [-0.05, 0) is 78.0 Å². The molecule has 1 aliphatic rings. The third-order valence-corrected chi connectivity index (χ3v) is 10.2. The molecule has 5 aromatic rings. The van der Waals surface area contributed by atoms with Crippen molar-refractivity contribution in [3.63, 3.8) is 0 Å². The molecular formula is C34H34ClN7O4S. The second-order valence-electron chi connectivity index (χ2n) is 11.9. The van der Waals surface area contributed by atoms with E-state index in [4.69, 9.17) is 16.3 Å². The summed E-state index contributed by atoms with van der Waals surface area (Å²) >= 11 is 7.80. The Bertz CT molecular complexity index is 2150.